The Kier molecular flexibility index (Phi) is 9.35. The molecule has 14 heteroatoms. The van der Waals surface area contributed by atoms with Gasteiger partial charge in [0.25, 0.3) is 5.91 Å². The molecule has 0 fully saturated rings. The van der Waals surface area contributed by atoms with Crippen molar-refractivity contribution in [3.63, 3.8) is 0 Å². The summed E-state index contributed by atoms with van der Waals surface area (Å²) in [5, 5.41) is 0. The van der Waals surface area contributed by atoms with Crippen molar-refractivity contribution in [3.8, 4) is 11.5 Å². The number of sulfonamides is 1. The van der Waals surface area contributed by atoms with Gasteiger partial charge in [-0.15, -0.1) is 0 Å². The van der Waals surface area contributed by atoms with Crippen LogP contribution in [0.5, 0.6) is 11.5 Å². The number of aromatic nitrogens is 1. The summed E-state index contributed by atoms with van der Waals surface area (Å²) in [6.45, 7) is 1.41. The van der Waals surface area contributed by atoms with Gasteiger partial charge in [-0.3, -0.25) is 9.59 Å². The predicted molar refractivity (Wildman–Crippen MR) is 142 cm³/mol. The maximum absolute atomic E-state index is 13.1. The van der Waals surface area contributed by atoms with Crippen LogP contribution in [0, 0.1) is 0 Å². The second-order valence-corrected chi connectivity index (χ2v) is 11.3. The average Bonchev–Trinajstić information content (AvgIpc) is 3.26. The minimum Gasteiger partial charge on any atom is -0.486 e. The molecule has 0 N–H and O–H groups in total. The normalized spacial score (nSPS) is 13.7. The van der Waals surface area contributed by atoms with Gasteiger partial charge in [-0.2, -0.15) is 9.30 Å². The Morgan fingerprint density at radius 3 is 2.21 bits per heavy atom. The molecule has 4 rings (SSSR count). The van der Waals surface area contributed by atoms with Gasteiger partial charge < -0.3 is 28.3 Å². The Morgan fingerprint density at radius 2 is 1.62 bits per heavy atom. The molecule has 0 spiro atoms. The van der Waals surface area contributed by atoms with Crippen LogP contribution in [0.4, 0.5) is 0 Å². The molecule has 12 nitrogen and oxygen atoms in total. The topological polar surface area (TPSA) is 135 Å². The quantitative estimate of drug-likeness (QED) is 0.311. The van der Waals surface area contributed by atoms with Crippen LogP contribution >= 0.6 is 11.3 Å². The molecule has 0 aliphatic carbocycles. The second-order valence-electron chi connectivity index (χ2n) is 8.34. The van der Waals surface area contributed by atoms with Crippen molar-refractivity contribution in [2.24, 2.45) is 4.99 Å². The monoisotopic (exact) mass is 579 g/mol. The highest BCUT2D eigenvalue weighted by molar-refractivity contribution is 7.89. The molecule has 0 radical (unpaired) electrons. The van der Waals surface area contributed by atoms with Gasteiger partial charge >= 0.3 is 5.97 Å². The molecular weight excluding hydrogens is 550 g/mol. The molecule has 0 bridgehead atoms. The molecule has 0 atom stereocenters. The zero-order valence-electron chi connectivity index (χ0n) is 21.7. The molecule has 0 unspecified atom stereocenters. The molecule has 1 aliphatic rings. The van der Waals surface area contributed by atoms with Crippen LogP contribution in [0.2, 0.25) is 0 Å². The Balaban J connectivity index is 1.67. The lowest BCUT2D eigenvalue weighted by Gasteiger charge is -2.21. The number of thiazole rings is 1. The molecule has 3 aromatic rings. The molecule has 1 aliphatic heterocycles. The Morgan fingerprint density at radius 1 is 1.00 bits per heavy atom. The van der Waals surface area contributed by atoms with Crippen LogP contribution in [0.15, 0.2) is 46.3 Å². The van der Waals surface area contributed by atoms with Gasteiger partial charge in [0.1, 0.15) is 19.8 Å². The summed E-state index contributed by atoms with van der Waals surface area (Å²) in [6.07, 6.45) is 0. The highest BCUT2D eigenvalue weighted by atomic mass is 32.2. The lowest BCUT2D eigenvalue weighted by Crippen LogP contribution is -2.36. The average molecular weight is 580 g/mol. The van der Waals surface area contributed by atoms with Crippen LogP contribution in [-0.4, -0.2) is 90.0 Å². The van der Waals surface area contributed by atoms with Crippen LogP contribution in [0.1, 0.15) is 10.4 Å². The minimum atomic E-state index is -3.84. The van der Waals surface area contributed by atoms with Crippen LogP contribution in [0.3, 0.4) is 0 Å². The number of hydrogen-bond donors (Lipinski definition) is 0. The number of methoxy groups -OCH3 is 3. The van der Waals surface area contributed by atoms with Gasteiger partial charge in [-0.1, -0.05) is 11.3 Å². The lowest BCUT2D eigenvalue weighted by molar-refractivity contribution is -0.141. The van der Waals surface area contributed by atoms with Crippen molar-refractivity contribution in [1.29, 1.82) is 0 Å². The van der Waals surface area contributed by atoms with E-state index in [-0.39, 0.29) is 48.1 Å². The Bertz CT molecular complexity index is 1500. The number of ether oxygens (including phenoxy) is 5. The SMILES string of the molecule is COCCN(CCOC)S(=O)(=O)c1ccc(C(=O)N=c2sc3cc4c(cc3n2CC(=O)OC)OCCO4)cc1. The maximum Gasteiger partial charge on any atom is 0.325 e. The molecule has 0 saturated heterocycles. The van der Waals surface area contributed by atoms with E-state index >= 15 is 0 Å². The van der Waals surface area contributed by atoms with Gasteiger partial charge in [0, 0.05) is 45.0 Å². The lowest BCUT2D eigenvalue weighted by atomic mass is 10.2. The number of hydrogen-bond acceptors (Lipinski definition) is 10. The van der Waals surface area contributed by atoms with Crippen molar-refractivity contribution in [1.82, 2.24) is 8.87 Å². The predicted octanol–water partition coefficient (Wildman–Crippen LogP) is 1.67. The first-order valence-electron chi connectivity index (χ1n) is 12.0. The number of amides is 1. The summed E-state index contributed by atoms with van der Waals surface area (Å²) < 4.78 is 56.1. The standard InChI is InChI=1S/C25H29N3O9S2/c1-33-10-8-27(9-11-34-2)39(31,32)18-6-4-17(5-7-18)24(30)26-25-28(16-23(29)35-3)19-14-20-21(15-22(19)38-25)37-13-12-36-20/h4-7,14-15H,8-13,16H2,1-3H3. The van der Waals surface area contributed by atoms with Crippen LogP contribution in [-0.2, 0) is 35.6 Å². The first-order chi connectivity index (χ1) is 18.8. The first-order valence-corrected chi connectivity index (χ1v) is 14.2. The smallest absolute Gasteiger partial charge is 0.325 e. The number of benzene rings is 2. The summed E-state index contributed by atoms with van der Waals surface area (Å²) in [7, 11) is 0.421. The van der Waals surface area contributed by atoms with Gasteiger partial charge in [-0.05, 0) is 24.3 Å². The fourth-order valence-electron chi connectivity index (χ4n) is 3.85. The van der Waals surface area contributed by atoms with E-state index in [1.165, 1.54) is 61.2 Å². The molecular formula is C25H29N3O9S2. The van der Waals surface area contributed by atoms with Crippen molar-refractivity contribution in [2.75, 3.05) is 60.8 Å². The number of esters is 1. The van der Waals surface area contributed by atoms with Gasteiger partial charge in [0.15, 0.2) is 16.3 Å². The third kappa shape index (κ3) is 6.47. The van der Waals surface area contributed by atoms with Gasteiger partial charge in [0.2, 0.25) is 10.0 Å². The van der Waals surface area contributed by atoms with Crippen LogP contribution < -0.4 is 14.3 Å². The summed E-state index contributed by atoms with van der Waals surface area (Å²) in [6, 6.07) is 9.06. The zero-order chi connectivity index (χ0) is 28.0. The van der Waals surface area contributed by atoms with Crippen LogP contribution in [0.25, 0.3) is 10.2 Å². The van der Waals surface area contributed by atoms with E-state index in [1.54, 1.807) is 16.7 Å². The van der Waals surface area contributed by atoms with E-state index in [4.69, 9.17) is 23.7 Å². The fraction of sp³-hybridized carbons (Fsp3) is 0.400. The van der Waals surface area contributed by atoms with E-state index in [9.17, 15) is 18.0 Å². The summed E-state index contributed by atoms with van der Waals surface area (Å²) in [4.78, 5) is 29.8. The summed E-state index contributed by atoms with van der Waals surface area (Å²) >= 11 is 1.20. The number of nitrogens with zero attached hydrogens (tertiary/aromatic N) is 3. The molecule has 1 amide bonds. The zero-order valence-corrected chi connectivity index (χ0v) is 23.4. The van der Waals surface area contributed by atoms with Crippen molar-refractivity contribution >= 4 is 43.5 Å². The summed E-state index contributed by atoms with van der Waals surface area (Å²) in [5.41, 5.74) is 0.817. The third-order valence-corrected chi connectivity index (χ3v) is 8.84. The second kappa shape index (κ2) is 12.7. The molecule has 0 saturated carbocycles. The van der Waals surface area contributed by atoms with Crippen molar-refractivity contribution in [3.05, 3.63) is 46.8 Å². The fourth-order valence-corrected chi connectivity index (χ4v) is 6.29. The number of carbonyl (C=O) groups excluding carboxylic acids is 2. The van der Waals surface area contributed by atoms with E-state index in [2.05, 4.69) is 4.99 Å². The number of rotatable bonds is 11. The highest BCUT2D eigenvalue weighted by Gasteiger charge is 2.24. The Hall–Kier alpha value is -3.30. The van der Waals surface area contributed by atoms with Crippen molar-refractivity contribution < 1.29 is 41.7 Å². The Labute approximate surface area is 229 Å². The van der Waals surface area contributed by atoms with E-state index in [0.717, 1.165) is 4.70 Å². The molecule has 2 heterocycles. The van der Waals surface area contributed by atoms with Gasteiger partial charge in [-0.25, -0.2) is 8.42 Å². The molecule has 210 valence electrons. The molecule has 39 heavy (non-hydrogen) atoms. The van der Waals surface area contributed by atoms with Gasteiger partial charge in [0.05, 0.1) is 35.4 Å². The van der Waals surface area contributed by atoms with E-state index < -0.39 is 21.9 Å². The first kappa shape index (κ1) is 28.7. The third-order valence-electron chi connectivity index (χ3n) is 5.89. The highest BCUT2D eigenvalue weighted by Crippen LogP contribution is 2.35. The van der Waals surface area contributed by atoms with E-state index in [1.807, 2.05) is 0 Å². The summed E-state index contributed by atoms with van der Waals surface area (Å²) in [5.74, 6) is -0.0126. The molecule has 1 aromatic heterocycles. The number of fused-ring (bicyclic) bond motifs is 2. The minimum absolute atomic E-state index is 0.0273. The largest absolute Gasteiger partial charge is 0.486 e. The molecule has 2 aromatic carbocycles. The maximum atomic E-state index is 13.1. The van der Waals surface area contributed by atoms with Crippen molar-refractivity contribution in [2.45, 2.75) is 11.4 Å². The number of carbonyl (C=O) groups is 2. The van der Waals surface area contributed by atoms with E-state index in [0.29, 0.717) is 30.2 Å².